The normalized spacial score (nSPS) is 11.2. The van der Waals surface area contributed by atoms with E-state index in [1.807, 2.05) is 6.92 Å². The molecule has 0 unspecified atom stereocenters. The Labute approximate surface area is 127 Å². The molecule has 20 heavy (non-hydrogen) atoms. The van der Waals surface area contributed by atoms with Crippen LogP contribution in [-0.4, -0.2) is 29.1 Å². The van der Waals surface area contributed by atoms with Crippen LogP contribution in [0.1, 0.15) is 47.5 Å². The summed E-state index contributed by atoms with van der Waals surface area (Å²) in [6.45, 7) is 12.6. The molecular formula is C15H27ClN4. The lowest BCUT2D eigenvalue weighted by Crippen LogP contribution is -2.38. The highest BCUT2D eigenvalue weighted by atomic mass is 35.5. The smallest absolute Gasteiger partial charge is 0.224 e. The summed E-state index contributed by atoms with van der Waals surface area (Å²) in [5.41, 5.74) is 0. The van der Waals surface area contributed by atoms with E-state index in [-0.39, 0.29) is 0 Å². The van der Waals surface area contributed by atoms with Crippen LogP contribution in [0.4, 0.5) is 11.8 Å². The predicted octanol–water partition coefficient (Wildman–Crippen LogP) is 4.21. The molecule has 0 bridgehead atoms. The van der Waals surface area contributed by atoms with Gasteiger partial charge in [-0.2, -0.15) is 4.98 Å². The van der Waals surface area contributed by atoms with Crippen molar-refractivity contribution in [1.29, 1.82) is 0 Å². The first-order valence-corrected chi connectivity index (χ1v) is 7.94. The van der Waals surface area contributed by atoms with Gasteiger partial charge in [0, 0.05) is 19.1 Å². The molecular weight excluding hydrogens is 272 g/mol. The van der Waals surface area contributed by atoms with Crippen molar-refractivity contribution in [3.05, 3.63) is 11.2 Å². The largest absolute Gasteiger partial charge is 0.354 e. The van der Waals surface area contributed by atoms with Crippen molar-refractivity contribution >= 4 is 23.4 Å². The number of aromatic nitrogens is 2. The van der Waals surface area contributed by atoms with Crippen molar-refractivity contribution in [2.24, 2.45) is 5.92 Å². The molecule has 0 saturated heterocycles. The van der Waals surface area contributed by atoms with Crippen LogP contribution in [0.15, 0.2) is 6.20 Å². The highest BCUT2D eigenvalue weighted by Gasteiger charge is 2.21. The maximum absolute atomic E-state index is 6.34. The summed E-state index contributed by atoms with van der Waals surface area (Å²) in [4.78, 5) is 11.2. The van der Waals surface area contributed by atoms with Gasteiger partial charge in [-0.05, 0) is 25.7 Å². The summed E-state index contributed by atoms with van der Waals surface area (Å²) in [7, 11) is 0. The molecule has 1 aromatic heterocycles. The van der Waals surface area contributed by atoms with Gasteiger partial charge in [-0.25, -0.2) is 4.98 Å². The van der Waals surface area contributed by atoms with Gasteiger partial charge in [0.1, 0.15) is 5.02 Å². The van der Waals surface area contributed by atoms with E-state index in [9.17, 15) is 0 Å². The second-order valence-electron chi connectivity index (χ2n) is 5.41. The first kappa shape index (κ1) is 17.0. The quantitative estimate of drug-likeness (QED) is 0.780. The van der Waals surface area contributed by atoms with Gasteiger partial charge < -0.3 is 10.2 Å². The fraction of sp³-hybridized carbons (Fsp3) is 0.733. The zero-order valence-electron chi connectivity index (χ0n) is 13.3. The van der Waals surface area contributed by atoms with Crippen molar-refractivity contribution in [2.75, 3.05) is 23.3 Å². The third kappa shape index (κ3) is 4.51. The van der Waals surface area contributed by atoms with Gasteiger partial charge in [0.15, 0.2) is 5.82 Å². The van der Waals surface area contributed by atoms with E-state index in [1.165, 1.54) is 0 Å². The summed E-state index contributed by atoms with van der Waals surface area (Å²) in [5.74, 6) is 2.05. The highest BCUT2D eigenvalue weighted by molar-refractivity contribution is 6.32. The van der Waals surface area contributed by atoms with Gasteiger partial charge in [-0.15, -0.1) is 0 Å². The van der Waals surface area contributed by atoms with Crippen LogP contribution in [-0.2, 0) is 0 Å². The van der Waals surface area contributed by atoms with E-state index in [1.54, 1.807) is 6.20 Å². The molecule has 1 heterocycles. The van der Waals surface area contributed by atoms with Gasteiger partial charge >= 0.3 is 0 Å². The summed E-state index contributed by atoms with van der Waals surface area (Å²) in [6.07, 6.45) is 3.86. The number of anilines is 2. The Bertz CT molecular complexity index is 405. The van der Waals surface area contributed by atoms with E-state index in [2.05, 4.69) is 47.9 Å². The third-order valence-electron chi connectivity index (χ3n) is 3.28. The number of hydrogen-bond donors (Lipinski definition) is 1. The van der Waals surface area contributed by atoms with Crippen LogP contribution in [0.2, 0.25) is 5.02 Å². The third-order valence-corrected chi connectivity index (χ3v) is 3.54. The molecule has 0 atom stereocenters. The van der Waals surface area contributed by atoms with Gasteiger partial charge in [-0.3, -0.25) is 0 Å². The molecule has 0 radical (unpaired) electrons. The molecule has 1 rings (SSSR count). The average molecular weight is 299 g/mol. The van der Waals surface area contributed by atoms with Crippen LogP contribution < -0.4 is 10.2 Å². The summed E-state index contributed by atoms with van der Waals surface area (Å²) in [6, 6.07) is 0.458. The molecule has 1 N–H and O–H groups in total. The second-order valence-corrected chi connectivity index (χ2v) is 5.82. The summed E-state index contributed by atoms with van der Waals surface area (Å²) < 4.78 is 0. The van der Waals surface area contributed by atoms with E-state index in [4.69, 9.17) is 11.6 Å². The second kappa shape index (κ2) is 8.30. The van der Waals surface area contributed by atoms with Crippen molar-refractivity contribution in [3.8, 4) is 0 Å². The van der Waals surface area contributed by atoms with Crippen LogP contribution in [0, 0.1) is 5.92 Å². The maximum atomic E-state index is 6.34. The Morgan fingerprint density at radius 2 is 1.90 bits per heavy atom. The molecule has 0 fully saturated rings. The molecule has 0 aliphatic carbocycles. The predicted molar refractivity (Wildman–Crippen MR) is 87.8 cm³/mol. The van der Waals surface area contributed by atoms with Crippen molar-refractivity contribution < 1.29 is 0 Å². The number of hydrogen-bond acceptors (Lipinski definition) is 4. The fourth-order valence-electron chi connectivity index (χ4n) is 2.33. The number of rotatable bonds is 8. The van der Waals surface area contributed by atoms with Gasteiger partial charge in [0.05, 0.1) is 6.20 Å². The standard InChI is InChI=1S/C15H27ClN4/c1-6-12(7-2)20(10-11(4)5)14-13(16)9-18-15(19-14)17-8-3/h9,11-12H,6-8,10H2,1-5H3,(H,17,18,19). The SMILES string of the molecule is CCNc1ncc(Cl)c(N(CC(C)C)C(CC)CC)n1. The molecule has 0 amide bonds. The fourth-order valence-corrected chi connectivity index (χ4v) is 2.53. The topological polar surface area (TPSA) is 41.1 Å². The van der Waals surface area contributed by atoms with Gasteiger partial charge in [0.25, 0.3) is 0 Å². The lowest BCUT2D eigenvalue weighted by atomic mass is 10.1. The zero-order valence-corrected chi connectivity index (χ0v) is 14.0. The Kier molecular flexibility index (Phi) is 7.06. The zero-order chi connectivity index (χ0) is 15.1. The maximum Gasteiger partial charge on any atom is 0.224 e. The van der Waals surface area contributed by atoms with Gasteiger partial charge in [0.2, 0.25) is 5.95 Å². The lowest BCUT2D eigenvalue weighted by molar-refractivity contribution is 0.503. The Morgan fingerprint density at radius 3 is 2.40 bits per heavy atom. The van der Waals surface area contributed by atoms with Crippen molar-refractivity contribution in [3.63, 3.8) is 0 Å². The summed E-state index contributed by atoms with van der Waals surface area (Å²) >= 11 is 6.34. The first-order chi connectivity index (χ1) is 9.53. The van der Waals surface area contributed by atoms with E-state index < -0.39 is 0 Å². The van der Waals surface area contributed by atoms with Crippen LogP contribution in [0.3, 0.4) is 0 Å². The minimum absolute atomic E-state index is 0.458. The molecule has 0 aliphatic heterocycles. The average Bonchev–Trinajstić information content (AvgIpc) is 2.41. The Hall–Kier alpha value is -1.03. The Balaban J connectivity index is 3.13. The molecule has 1 aromatic rings. The highest BCUT2D eigenvalue weighted by Crippen LogP contribution is 2.28. The van der Waals surface area contributed by atoms with E-state index >= 15 is 0 Å². The van der Waals surface area contributed by atoms with Crippen molar-refractivity contribution in [2.45, 2.75) is 53.5 Å². The van der Waals surface area contributed by atoms with E-state index in [0.29, 0.717) is 22.9 Å². The number of halogens is 1. The molecule has 0 aliphatic rings. The lowest BCUT2D eigenvalue weighted by Gasteiger charge is -2.33. The monoisotopic (exact) mass is 298 g/mol. The minimum Gasteiger partial charge on any atom is -0.354 e. The van der Waals surface area contributed by atoms with Gasteiger partial charge in [-0.1, -0.05) is 39.3 Å². The molecule has 4 nitrogen and oxygen atoms in total. The minimum atomic E-state index is 0.458. The van der Waals surface area contributed by atoms with E-state index in [0.717, 1.165) is 31.7 Å². The summed E-state index contributed by atoms with van der Waals surface area (Å²) in [5, 5.41) is 3.78. The number of nitrogens with zero attached hydrogens (tertiary/aromatic N) is 3. The number of nitrogens with one attached hydrogen (secondary N) is 1. The Morgan fingerprint density at radius 1 is 1.25 bits per heavy atom. The molecule has 0 saturated carbocycles. The molecule has 0 spiro atoms. The molecule has 114 valence electrons. The first-order valence-electron chi connectivity index (χ1n) is 7.56. The van der Waals surface area contributed by atoms with Crippen LogP contribution in [0.5, 0.6) is 0 Å². The van der Waals surface area contributed by atoms with Crippen LogP contribution in [0.25, 0.3) is 0 Å². The van der Waals surface area contributed by atoms with Crippen molar-refractivity contribution in [1.82, 2.24) is 9.97 Å². The van der Waals surface area contributed by atoms with Crippen LogP contribution >= 0.6 is 11.6 Å². The molecule has 0 aromatic carbocycles. The molecule has 5 heteroatoms.